The second-order valence-corrected chi connectivity index (χ2v) is 6.91. The van der Waals surface area contributed by atoms with Crippen molar-refractivity contribution in [3.63, 3.8) is 0 Å². The molecule has 0 radical (unpaired) electrons. The van der Waals surface area contributed by atoms with Gasteiger partial charge in [0, 0.05) is 39.2 Å². The predicted molar refractivity (Wildman–Crippen MR) is 84.6 cm³/mol. The zero-order valence-corrected chi connectivity index (χ0v) is 14.1. The van der Waals surface area contributed by atoms with Gasteiger partial charge in [0.2, 0.25) is 15.9 Å². The summed E-state index contributed by atoms with van der Waals surface area (Å²) >= 11 is 5.91. The number of halogens is 3. The van der Waals surface area contributed by atoms with Crippen molar-refractivity contribution in [2.75, 3.05) is 31.5 Å². The molecule has 1 fully saturated rings. The Labute approximate surface area is 139 Å². The molecule has 1 aromatic rings. The third kappa shape index (κ3) is 4.08. The molecule has 0 aromatic heterocycles. The smallest absolute Gasteiger partial charge is 0.246 e. The van der Waals surface area contributed by atoms with Crippen LogP contribution in [0.5, 0.6) is 0 Å². The first kappa shape index (κ1) is 19.1. The molecule has 1 aromatic carbocycles. The molecular formula is C12H16Cl2FN3O3S. The summed E-state index contributed by atoms with van der Waals surface area (Å²) < 4.78 is 40.1. The van der Waals surface area contributed by atoms with Gasteiger partial charge >= 0.3 is 0 Å². The Kier molecular flexibility index (Phi) is 6.57. The highest BCUT2D eigenvalue weighted by molar-refractivity contribution is 7.89. The quantitative estimate of drug-likeness (QED) is 0.842. The summed E-state index contributed by atoms with van der Waals surface area (Å²) in [7, 11) is -3.94. The summed E-state index contributed by atoms with van der Waals surface area (Å²) in [5.74, 6) is -1.37. The van der Waals surface area contributed by atoms with Crippen molar-refractivity contribution in [2.45, 2.75) is 11.8 Å². The summed E-state index contributed by atoms with van der Waals surface area (Å²) in [5.41, 5.74) is 0.0425. The highest BCUT2D eigenvalue weighted by Crippen LogP contribution is 2.29. The first-order valence-electron chi connectivity index (χ1n) is 6.30. The van der Waals surface area contributed by atoms with Gasteiger partial charge in [-0.1, -0.05) is 11.6 Å². The molecule has 1 saturated heterocycles. The Bertz CT molecular complexity index is 664. The molecule has 22 heavy (non-hydrogen) atoms. The van der Waals surface area contributed by atoms with Crippen LogP contribution in [0, 0.1) is 5.82 Å². The highest BCUT2D eigenvalue weighted by atomic mass is 35.5. The molecule has 124 valence electrons. The number of rotatable bonds is 3. The van der Waals surface area contributed by atoms with Crippen LogP contribution in [0.2, 0.25) is 5.02 Å². The van der Waals surface area contributed by atoms with E-state index in [1.165, 1.54) is 11.2 Å². The lowest BCUT2D eigenvalue weighted by Gasteiger charge is -2.26. The van der Waals surface area contributed by atoms with E-state index in [1.807, 2.05) is 0 Å². The van der Waals surface area contributed by atoms with Gasteiger partial charge in [-0.25, -0.2) is 12.8 Å². The van der Waals surface area contributed by atoms with Gasteiger partial charge < -0.3 is 10.6 Å². The summed E-state index contributed by atoms with van der Waals surface area (Å²) in [5, 5.41) is 5.34. The molecule has 10 heteroatoms. The highest BCUT2D eigenvalue weighted by Gasteiger charge is 2.29. The lowest BCUT2D eigenvalue weighted by atomic mass is 10.3. The predicted octanol–water partition coefficient (Wildman–Crippen LogP) is 1.45. The summed E-state index contributed by atoms with van der Waals surface area (Å²) in [4.78, 5) is 10.5. The average molecular weight is 372 g/mol. The van der Waals surface area contributed by atoms with E-state index in [2.05, 4.69) is 10.6 Å². The fourth-order valence-electron chi connectivity index (χ4n) is 2.04. The van der Waals surface area contributed by atoms with Crippen molar-refractivity contribution in [3.8, 4) is 0 Å². The van der Waals surface area contributed by atoms with Gasteiger partial charge in [0.1, 0.15) is 10.7 Å². The van der Waals surface area contributed by atoms with Gasteiger partial charge in [-0.2, -0.15) is 4.31 Å². The van der Waals surface area contributed by atoms with E-state index in [-0.39, 0.29) is 36.2 Å². The molecule has 0 spiro atoms. The van der Waals surface area contributed by atoms with E-state index in [9.17, 15) is 17.6 Å². The minimum absolute atomic E-state index is 0. The molecule has 1 amide bonds. The van der Waals surface area contributed by atoms with Gasteiger partial charge in [-0.05, 0) is 6.07 Å². The number of carbonyl (C=O) groups is 1. The molecule has 0 atom stereocenters. The van der Waals surface area contributed by atoms with Crippen LogP contribution in [0.25, 0.3) is 0 Å². The van der Waals surface area contributed by atoms with Crippen LogP contribution in [0.1, 0.15) is 6.92 Å². The monoisotopic (exact) mass is 371 g/mol. The van der Waals surface area contributed by atoms with E-state index < -0.39 is 26.6 Å². The number of benzene rings is 1. The molecule has 0 saturated carbocycles. The molecule has 0 unspecified atom stereocenters. The number of amides is 1. The number of nitrogens with zero attached hydrogens (tertiary/aromatic N) is 1. The minimum Gasteiger partial charge on any atom is -0.325 e. The number of piperazine rings is 1. The molecular weight excluding hydrogens is 356 g/mol. The lowest BCUT2D eigenvalue weighted by Crippen LogP contribution is -2.46. The van der Waals surface area contributed by atoms with E-state index in [0.717, 1.165) is 12.1 Å². The molecule has 6 nitrogen and oxygen atoms in total. The molecule has 1 aliphatic rings. The van der Waals surface area contributed by atoms with Gasteiger partial charge in [0.05, 0.1) is 10.7 Å². The molecule has 1 heterocycles. The first-order chi connectivity index (χ1) is 9.82. The Hall–Kier alpha value is -0.930. The van der Waals surface area contributed by atoms with Crippen molar-refractivity contribution in [2.24, 2.45) is 0 Å². The lowest BCUT2D eigenvalue weighted by molar-refractivity contribution is -0.114. The van der Waals surface area contributed by atoms with Crippen LogP contribution < -0.4 is 10.6 Å². The van der Waals surface area contributed by atoms with Gasteiger partial charge in [0.15, 0.2) is 0 Å². The zero-order valence-electron chi connectivity index (χ0n) is 11.7. The minimum atomic E-state index is -3.94. The number of anilines is 1. The average Bonchev–Trinajstić information content (AvgIpc) is 2.42. The van der Waals surface area contributed by atoms with Crippen LogP contribution >= 0.6 is 24.0 Å². The fraction of sp³-hybridized carbons (Fsp3) is 0.417. The Morgan fingerprint density at radius 2 is 1.95 bits per heavy atom. The molecule has 0 bridgehead atoms. The fourth-order valence-corrected chi connectivity index (χ4v) is 3.82. The maximum Gasteiger partial charge on any atom is 0.246 e. The summed E-state index contributed by atoms with van der Waals surface area (Å²) in [6, 6.07) is 1.94. The van der Waals surface area contributed by atoms with Crippen molar-refractivity contribution in [1.29, 1.82) is 0 Å². The maximum atomic E-state index is 14.1. The van der Waals surface area contributed by atoms with Crippen LogP contribution in [-0.4, -0.2) is 44.8 Å². The number of sulfonamides is 1. The van der Waals surface area contributed by atoms with Crippen molar-refractivity contribution in [3.05, 3.63) is 23.0 Å². The molecule has 2 N–H and O–H groups in total. The van der Waals surface area contributed by atoms with Crippen molar-refractivity contribution >= 4 is 45.6 Å². The standard InChI is InChI=1S/C12H15ClFN3O3S.ClH/c1-8(18)16-11-7-10(14)12(6-9(11)13)21(19,20)17-4-2-15-3-5-17;/h6-7,15H,2-5H2,1H3,(H,16,18);1H. The van der Waals surface area contributed by atoms with Gasteiger partial charge in [-0.3, -0.25) is 4.79 Å². The SMILES string of the molecule is CC(=O)Nc1cc(F)c(S(=O)(=O)N2CCNCC2)cc1Cl.Cl. The Morgan fingerprint density at radius 1 is 1.36 bits per heavy atom. The molecule has 0 aliphatic carbocycles. The summed E-state index contributed by atoms with van der Waals surface area (Å²) in [6.07, 6.45) is 0. The third-order valence-electron chi connectivity index (χ3n) is 3.03. The normalized spacial score (nSPS) is 16.0. The Balaban J connectivity index is 0.00000242. The molecule has 2 rings (SSSR count). The van der Waals surface area contributed by atoms with E-state index in [4.69, 9.17) is 11.6 Å². The van der Waals surface area contributed by atoms with E-state index in [1.54, 1.807) is 0 Å². The first-order valence-corrected chi connectivity index (χ1v) is 8.11. The summed E-state index contributed by atoms with van der Waals surface area (Å²) in [6.45, 7) is 2.82. The topological polar surface area (TPSA) is 78.5 Å². The number of nitrogens with one attached hydrogen (secondary N) is 2. The number of hydrogen-bond acceptors (Lipinski definition) is 4. The Morgan fingerprint density at radius 3 is 2.50 bits per heavy atom. The van der Waals surface area contributed by atoms with Crippen LogP contribution in [0.15, 0.2) is 17.0 Å². The second kappa shape index (κ2) is 7.56. The van der Waals surface area contributed by atoms with Crippen molar-refractivity contribution < 1.29 is 17.6 Å². The zero-order chi connectivity index (χ0) is 15.6. The van der Waals surface area contributed by atoms with Crippen LogP contribution in [0.4, 0.5) is 10.1 Å². The molecule has 1 aliphatic heterocycles. The number of carbonyl (C=O) groups excluding carboxylic acids is 1. The third-order valence-corrected chi connectivity index (χ3v) is 5.25. The van der Waals surface area contributed by atoms with E-state index >= 15 is 0 Å². The number of hydrogen-bond donors (Lipinski definition) is 2. The van der Waals surface area contributed by atoms with Gasteiger partial charge in [0.25, 0.3) is 0 Å². The largest absolute Gasteiger partial charge is 0.325 e. The van der Waals surface area contributed by atoms with Crippen LogP contribution in [0.3, 0.4) is 0 Å². The van der Waals surface area contributed by atoms with Gasteiger partial charge in [-0.15, -0.1) is 12.4 Å². The van der Waals surface area contributed by atoms with Crippen LogP contribution in [-0.2, 0) is 14.8 Å². The van der Waals surface area contributed by atoms with E-state index in [0.29, 0.717) is 13.1 Å². The second-order valence-electron chi connectivity index (χ2n) is 4.60. The van der Waals surface area contributed by atoms with Crippen molar-refractivity contribution in [1.82, 2.24) is 9.62 Å². The maximum absolute atomic E-state index is 14.1.